The van der Waals surface area contributed by atoms with Gasteiger partial charge in [-0.05, 0) is 63.6 Å². The number of aromatic nitrogens is 3. The molecule has 9 heteroatoms. The predicted octanol–water partition coefficient (Wildman–Crippen LogP) is 6.29. The number of aryl methyl sites for hydroxylation is 3. The minimum absolute atomic E-state index is 0.00312. The molecule has 0 spiro atoms. The first kappa shape index (κ1) is 22.4. The molecule has 0 atom stereocenters. The normalized spacial score (nSPS) is 11.5. The highest BCUT2D eigenvalue weighted by Gasteiger charge is 2.19. The molecule has 0 N–H and O–H groups in total. The summed E-state index contributed by atoms with van der Waals surface area (Å²) in [4.78, 5) is 23.9. The van der Waals surface area contributed by atoms with Crippen LogP contribution in [0.25, 0.3) is 15.9 Å². The van der Waals surface area contributed by atoms with Crippen LogP contribution >= 0.6 is 23.1 Å². The molecule has 0 saturated heterocycles. The van der Waals surface area contributed by atoms with Gasteiger partial charge in [-0.2, -0.15) is 8.78 Å². The second-order valence-corrected chi connectivity index (χ2v) is 9.51. The third-order valence-corrected chi connectivity index (χ3v) is 7.43. The fourth-order valence-electron chi connectivity index (χ4n) is 3.69. The van der Waals surface area contributed by atoms with Crippen LogP contribution in [0.3, 0.4) is 0 Å². The Kier molecular flexibility index (Phi) is 6.30. The van der Waals surface area contributed by atoms with Crippen LogP contribution in [0.5, 0.6) is 5.75 Å². The van der Waals surface area contributed by atoms with Gasteiger partial charge in [-0.25, -0.2) is 9.97 Å². The minimum atomic E-state index is -2.87. The van der Waals surface area contributed by atoms with Crippen molar-refractivity contribution in [1.29, 1.82) is 0 Å². The zero-order chi connectivity index (χ0) is 23.0. The Balaban J connectivity index is 1.56. The van der Waals surface area contributed by atoms with Crippen molar-refractivity contribution in [3.63, 3.8) is 0 Å². The number of ether oxygens (including phenoxy) is 1. The van der Waals surface area contributed by atoms with Crippen molar-refractivity contribution in [1.82, 2.24) is 14.5 Å². The van der Waals surface area contributed by atoms with E-state index >= 15 is 0 Å². The number of fused-ring (bicyclic) bond motifs is 1. The maximum absolute atomic E-state index is 13.1. The molecule has 3 aromatic heterocycles. The number of benzene rings is 1. The summed E-state index contributed by atoms with van der Waals surface area (Å²) >= 11 is 3.05. The second kappa shape index (κ2) is 8.99. The largest absolute Gasteiger partial charge is 0.435 e. The molecule has 0 bridgehead atoms. The number of rotatable bonds is 7. The highest BCUT2D eigenvalue weighted by atomic mass is 32.2. The van der Waals surface area contributed by atoms with Gasteiger partial charge in [-0.15, -0.1) is 11.3 Å². The maximum Gasteiger partial charge on any atom is 0.387 e. The second-order valence-electron chi connectivity index (χ2n) is 7.35. The number of alkyl halides is 2. The van der Waals surface area contributed by atoms with E-state index in [2.05, 4.69) is 28.6 Å². The number of nitrogens with zero attached hydrogens (tertiary/aromatic N) is 3. The van der Waals surface area contributed by atoms with E-state index in [1.54, 1.807) is 23.5 Å². The zero-order valence-electron chi connectivity index (χ0n) is 18.0. The Morgan fingerprint density at radius 1 is 1.16 bits per heavy atom. The lowest BCUT2D eigenvalue weighted by molar-refractivity contribution is -0.0498. The van der Waals surface area contributed by atoms with Crippen molar-refractivity contribution in [2.45, 2.75) is 39.3 Å². The number of ketones is 1. The summed E-state index contributed by atoms with van der Waals surface area (Å²) in [5.41, 5.74) is 4.23. The number of halogens is 2. The van der Waals surface area contributed by atoms with Crippen LogP contribution in [-0.2, 0) is 0 Å². The number of thioether (sulfide) groups is 1. The highest BCUT2D eigenvalue weighted by Crippen LogP contribution is 2.35. The number of carbonyl (C=O) groups excluding carboxylic acids is 1. The van der Waals surface area contributed by atoms with Crippen LogP contribution in [0, 0.1) is 27.7 Å². The molecular formula is C23H21F2N3O2S2. The van der Waals surface area contributed by atoms with Crippen molar-refractivity contribution in [3.8, 4) is 11.4 Å². The van der Waals surface area contributed by atoms with E-state index in [1.165, 1.54) is 35.1 Å². The van der Waals surface area contributed by atoms with Gasteiger partial charge in [-0.3, -0.25) is 4.79 Å². The number of hydrogen-bond acceptors (Lipinski definition) is 6. The van der Waals surface area contributed by atoms with Crippen LogP contribution in [-0.4, -0.2) is 32.7 Å². The van der Waals surface area contributed by atoms with Crippen molar-refractivity contribution in [2.75, 3.05) is 5.75 Å². The molecule has 1 aromatic carbocycles. The van der Waals surface area contributed by atoms with Crippen molar-refractivity contribution in [2.24, 2.45) is 0 Å². The molecule has 0 aliphatic heterocycles. The average Bonchev–Trinajstić information content (AvgIpc) is 3.22. The van der Waals surface area contributed by atoms with Crippen molar-refractivity contribution in [3.05, 3.63) is 64.1 Å². The van der Waals surface area contributed by atoms with E-state index in [4.69, 9.17) is 0 Å². The molecule has 0 radical (unpaired) electrons. The SMILES string of the molecule is Cc1sc2ncnc(SCC(=O)c3cc(C)n(-c4ccc(OC(F)F)cc4)c3C)c2c1C. The molecule has 166 valence electrons. The lowest BCUT2D eigenvalue weighted by Crippen LogP contribution is -2.06. The topological polar surface area (TPSA) is 57.0 Å². The van der Waals surface area contributed by atoms with Gasteiger partial charge in [0.15, 0.2) is 5.78 Å². The lowest BCUT2D eigenvalue weighted by Gasteiger charge is -2.11. The highest BCUT2D eigenvalue weighted by molar-refractivity contribution is 8.00. The Labute approximate surface area is 192 Å². The van der Waals surface area contributed by atoms with Gasteiger partial charge in [0.05, 0.1) is 5.75 Å². The first-order chi connectivity index (χ1) is 15.3. The number of thiophene rings is 1. The summed E-state index contributed by atoms with van der Waals surface area (Å²) < 4.78 is 31.1. The molecule has 32 heavy (non-hydrogen) atoms. The molecule has 0 aliphatic rings. The first-order valence-electron chi connectivity index (χ1n) is 9.87. The molecule has 0 aliphatic carbocycles. The third-order valence-electron chi connectivity index (χ3n) is 5.32. The van der Waals surface area contributed by atoms with Crippen LogP contribution in [0.15, 0.2) is 41.7 Å². The smallest absolute Gasteiger partial charge is 0.387 e. The standard InChI is InChI=1S/C23H21F2N3O2S2/c1-12-9-18(14(3)28(12)16-5-7-17(8-6-16)30-23(24)25)19(29)10-31-21-20-13(2)15(4)32-22(20)27-11-26-21/h5-9,11,23H,10H2,1-4H3. The summed E-state index contributed by atoms with van der Waals surface area (Å²) in [6.45, 7) is 5.03. The third kappa shape index (κ3) is 4.27. The monoisotopic (exact) mass is 473 g/mol. The molecular weight excluding hydrogens is 452 g/mol. The van der Waals surface area contributed by atoms with Crippen molar-refractivity contribution < 1.29 is 18.3 Å². The van der Waals surface area contributed by atoms with Gasteiger partial charge < -0.3 is 9.30 Å². The van der Waals surface area contributed by atoms with E-state index in [0.29, 0.717) is 5.56 Å². The summed E-state index contributed by atoms with van der Waals surface area (Å²) in [6, 6.07) is 8.23. The molecule has 0 fully saturated rings. The number of carbonyl (C=O) groups is 1. The number of hydrogen-bond donors (Lipinski definition) is 0. The number of Topliss-reactive ketones (excluding diaryl/α,β-unsaturated/α-hetero) is 1. The van der Waals surface area contributed by atoms with Gasteiger partial charge in [0.2, 0.25) is 0 Å². The van der Waals surface area contributed by atoms with E-state index in [-0.39, 0.29) is 17.3 Å². The molecule has 5 nitrogen and oxygen atoms in total. The molecule has 0 unspecified atom stereocenters. The van der Waals surface area contributed by atoms with Gasteiger partial charge in [-0.1, -0.05) is 11.8 Å². The Bertz CT molecular complexity index is 1300. The van der Waals surface area contributed by atoms with Crippen LogP contribution in [0.4, 0.5) is 8.78 Å². The minimum Gasteiger partial charge on any atom is -0.435 e. The summed E-state index contributed by atoms with van der Waals surface area (Å²) in [7, 11) is 0. The fourth-order valence-corrected chi connectivity index (χ4v) is 5.69. The maximum atomic E-state index is 13.1. The molecule has 3 heterocycles. The summed E-state index contributed by atoms with van der Waals surface area (Å²) in [5, 5.41) is 1.83. The zero-order valence-corrected chi connectivity index (χ0v) is 19.6. The van der Waals surface area contributed by atoms with E-state index in [9.17, 15) is 13.6 Å². The Morgan fingerprint density at radius 2 is 1.88 bits per heavy atom. The average molecular weight is 474 g/mol. The van der Waals surface area contributed by atoms with Gasteiger partial charge in [0, 0.05) is 32.9 Å². The summed E-state index contributed by atoms with van der Waals surface area (Å²) in [6.07, 6.45) is 1.54. The van der Waals surface area contributed by atoms with Gasteiger partial charge >= 0.3 is 6.61 Å². The lowest BCUT2D eigenvalue weighted by atomic mass is 10.2. The van der Waals surface area contributed by atoms with Gasteiger partial charge in [0.25, 0.3) is 0 Å². The van der Waals surface area contributed by atoms with E-state index < -0.39 is 6.61 Å². The van der Waals surface area contributed by atoms with Crippen LogP contribution in [0.2, 0.25) is 0 Å². The predicted molar refractivity (Wildman–Crippen MR) is 124 cm³/mol. The molecule has 4 rings (SSSR count). The Hall–Kier alpha value is -2.78. The quantitative estimate of drug-likeness (QED) is 0.179. The van der Waals surface area contributed by atoms with Crippen LogP contribution in [0.1, 0.15) is 32.2 Å². The van der Waals surface area contributed by atoms with Crippen molar-refractivity contribution >= 4 is 39.1 Å². The summed E-state index contributed by atoms with van der Waals surface area (Å²) in [5.74, 6) is 0.351. The fraction of sp³-hybridized carbons (Fsp3) is 0.261. The molecule has 0 saturated carbocycles. The van der Waals surface area contributed by atoms with E-state index in [1.807, 2.05) is 24.5 Å². The van der Waals surface area contributed by atoms with E-state index in [0.717, 1.165) is 37.9 Å². The molecule has 4 aromatic rings. The first-order valence-corrected chi connectivity index (χ1v) is 11.7. The molecule has 0 amide bonds. The van der Waals surface area contributed by atoms with Crippen LogP contribution < -0.4 is 4.74 Å². The van der Waals surface area contributed by atoms with Gasteiger partial charge in [0.1, 0.15) is 21.9 Å². The Morgan fingerprint density at radius 3 is 2.56 bits per heavy atom.